The standard InChI is InChI=1S/C19H17NO4/c1-22-16-8-4-3-7-15(16)20-18(21)11-10-14-12-13-6-5-9-17(23-2)19(13)24-14/h3-12H,1-2H3,(H,20,21)/b11-10+. The van der Waals surface area contributed by atoms with Crippen LogP contribution in [-0.4, -0.2) is 20.1 Å². The van der Waals surface area contributed by atoms with E-state index in [1.54, 1.807) is 32.4 Å². The Balaban J connectivity index is 1.77. The third-order valence-corrected chi connectivity index (χ3v) is 3.51. The number of benzene rings is 2. The van der Waals surface area contributed by atoms with Crippen LogP contribution in [0.5, 0.6) is 11.5 Å². The molecule has 3 rings (SSSR count). The van der Waals surface area contributed by atoms with Gasteiger partial charge >= 0.3 is 0 Å². The molecule has 24 heavy (non-hydrogen) atoms. The second kappa shape index (κ2) is 6.91. The van der Waals surface area contributed by atoms with Crippen LogP contribution < -0.4 is 14.8 Å². The molecule has 0 fully saturated rings. The molecule has 0 saturated carbocycles. The molecular formula is C19H17NO4. The third-order valence-electron chi connectivity index (χ3n) is 3.51. The van der Waals surface area contributed by atoms with Crippen LogP contribution in [0.2, 0.25) is 0 Å². The number of methoxy groups -OCH3 is 2. The smallest absolute Gasteiger partial charge is 0.248 e. The van der Waals surface area contributed by atoms with Gasteiger partial charge in [-0.1, -0.05) is 24.3 Å². The minimum absolute atomic E-state index is 0.271. The monoisotopic (exact) mass is 323 g/mol. The van der Waals surface area contributed by atoms with Crippen molar-refractivity contribution < 1.29 is 18.7 Å². The Kier molecular flexibility index (Phi) is 4.52. The summed E-state index contributed by atoms with van der Waals surface area (Å²) in [5, 5.41) is 3.69. The van der Waals surface area contributed by atoms with E-state index in [0.29, 0.717) is 28.5 Å². The number of fused-ring (bicyclic) bond motifs is 1. The van der Waals surface area contributed by atoms with Crippen LogP contribution in [0.1, 0.15) is 5.76 Å². The molecule has 0 aliphatic rings. The van der Waals surface area contributed by atoms with E-state index in [4.69, 9.17) is 13.9 Å². The Morgan fingerprint density at radius 3 is 2.58 bits per heavy atom. The molecule has 5 heteroatoms. The predicted molar refractivity (Wildman–Crippen MR) is 93.4 cm³/mol. The van der Waals surface area contributed by atoms with E-state index < -0.39 is 0 Å². The van der Waals surface area contributed by atoms with Crippen molar-refractivity contribution in [1.29, 1.82) is 0 Å². The second-order valence-electron chi connectivity index (χ2n) is 5.05. The van der Waals surface area contributed by atoms with Gasteiger partial charge in [-0.05, 0) is 30.3 Å². The highest BCUT2D eigenvalue weighted by Crippen LogP contribution is 2.29. The lowest BCUT2D eigenvalue weighted by Gasteiger charge is -2.07. The van der Waals surface area contributed by atoms with E-state index in [9.17, 15) is 4.79 Å². The maximum Gasteiger partial charge on any atom is 0.248 e. The number of ether oxygens (including phenoxy) is 2. The first kappa shape index (κ1) is 15.7. The van der Waals surface area contributed by atoms with Gasteiger partial charge in [-0.3, -0.25) is 4.79 Å². The second-order valence-corrected chi connectivity index (χ2v) is 5.05. The number of amides is 1. The summed E-state index contributed by atoms with van der Waals surface area (Å²) in [7, 11) is 3.15. The third kappa shape index (κ3) is 3.25. The maximum absolute atomic E-state index is 12.1. The van der Waals surface area contributed by atoms with Crippen molar-refractivity contribution in [1.82, 2.24) is 0 Å². The molecule has 0 saturated heterocycles. The molecule has 0 spiro atoms. The molecule has 0 radical (unpaired) electrons. The number of para-hydroxylation sites is 3. The van der Waals surface area contributed by atoms with Crippen LogP contribution in [0.4, 0.5) is 5.69 Å². The van der Waals surface area contributed by atoms with E-state index in [1.165, 1.54) is 6.08 Å². The maximum atomic E-state index is 12.1. The number of hydrogen-bond donors (Lipinski definition) is 1. The summed E-state index contributed by atoms with van der Waals surface area (Å²) in [6.45, 7) is 0. The number of anilines is 1. The van der Waals surface area contributed by atoms with Crippen LogP contribution >= 0.6 is 0 Å². The number of furan rings is 1. The summed E-state index contributed by atoms with van der Waals surface area (Å²) in [6, 6.07) is 14.7. The van der Waals surface area contributed by atoms with Gasteiger partial charge in [0.15, 0.2) is 11.3 Å². The minimum atomic E-state index is -0.271. The largest absolute Gasteiger partial charge is 0.495 e. The highest BCUT2D eigenvalue weighted by Gasteiger charge is 2.08. The summed E-state index contributed by atoms with van der Waals surface area (Å²) in [4.78, 5) is 12.1. The fourth-order valence-electron chi connectivity index (χ4n) is 2.38. The van der Waals surface area contributed by atoms with Gasteiger partial charge in [-0.15, -0.1) is 0 Å². The Morgan fingerprint density at radius 2 is 1.79 bits per heavy atom. The Labute approximate surface area is 139 Å². The van der Waals surface area contributed by atoms with Crippen molar-refractivity contribution in [2.24, 2.45) is 0 Å². The van der Waals surface area contributed by atoms with Crippen molar-refractivity contribution in [2.75, 3.05) is 19.5 Å². The van der Waals surface area contributed by atoms with Gasteiger partial charge in [0, 0.05) is 11.5 Å². The first-order valence-corrected chi connectivity index (χ1v) is 7.40. The van der Waals surface area contributed by atoms with Crippen molar-refractivity contribution in [3.05, 3.63) is 60.4 Å². The van der Waals surface area contributed by atoms with Crippen LogP contribution in [0, 0.1) is 0 Å². The van der Waals surface area contributed by atoms with Crippen molar-refractivity contribution in [3.8, 4) is 11.5 Å². The zero-order chi connectivity index (χ0) is 16.9. The van der Waals surface area contributed by atoms with Gasteiger partial charge in [-0.2, -0.15) is 0 Å². The van der Waals surface area contributed by atoms with E-state index in [-0.39, 0.29) is 5.91 Å². The SMILES string of the molecule is COc1ccccc1NC(=O)/C=C/c1cc2cccc(OC)c2o1. The average Bonchev–Trinajstić information content (AvgIpc) is 3.03. The number of carbonyl (C=O) groups is 1. The van der Waals surface area contributed by atoms with Gasteiger partial charge in [0.05, 0.1) is 19.9 Å². The first-order chi connectivity index (χ1) is 11.7. The molecule has 122 valence electrons. The zero-order valence-corrected chi connectivity index (χ0v) is 13.4. The lowest BCUT2D eigenvalue weighted by Crippen LogP contribution is -2.08. The van der Waals surface area contributed by atoms with Crippen LogP contribution in [0.3, 0.4) is 0 Å². The van der Waals surface area contributed by atoms with E-state index >= 15 is 0 Å². The fourth-order valence-corrected chi connectivity index (χ4v) is 2.38. The highest BCUT2D eigenvalue weighted by molar-refractivity contribution is 6.02. The van der Waals surface area contributed by atoms with Crippen LogP contribution in [0.25, 0.3) is 17.0 Å². The number of rotatable bonds is 5. The zero-order valence-electron chi connectivity index (χ0n) is 13.4. The molecule has 5 nitrogen and oxygen atoms in total. The van der Waals surface area contributed by atoms with Crippen LogP contribution in [0.15, 0.2) is 59.0 Å². The van der Waals surface area contributed by atoms with Gasteiger partial charge < -0.3 is 19.2 Å². The Hall–Kier alpha value is -3.21. The summed E-state index contributed by atoms with van der Waals surface area (Å²) in [5.41, 5.74) is 1.27. The molecule has 1 aromatic heterocycles. The Bertz CT molecular complexity index is 895. The summed E-state index contributed by atoms with van der Waals surface area (Å²) < 4.78 is 16.2. The van der Waals surface area contributed by atoms with Crippen molar-refractivity contribution in [3.63, 3.8) is 0 Å². The molecule has 3 aromatic rings. The molecule has 1 heterocycles. The lowest BCUT2D eigenvalue weighted by atomic mass is 10.2. The molecule has 0 bridgehead atoms. The lowest BCUT2D eigenvalue weighted by molar-refractivity contribution is -0.111. The molecule has 0 aliphatic carbocycles. The molecule has 2 aromatic carbocycles. The molecule has 1 N–H and O–H groups in total. The normalized spacial score (nSPS) is 10.9. The Morgan fingerprint density at radius 1 is 1.04 bits per heavy atom. The average molecular weight is 323 g/mol. The summed E-state index contributed by atoms with van der Waals surface area (Å²) in [5.74, 6) is 1.56. The molecule has 0 unspecified atom stereocenters. The summed E-state index contributed by atoms with van der Waals surface area (Å²) in [6.07, 6.45) is 3.03. The topological polar surface area (TPSA) is 60.7 Å². The number of hydrogen-bond acceptors (Lipinski definition) is 4. The number of nitrogens with one attached hydrogen (secondary N) is 1. The van der Waals surface area contributed by atoms with E-state index in [2.05, 4.69) is 5.32 Å². The van der Waals surface area contributed by atoms with Crippen molar-refractivity contribution in [2.45, 2.75) is 0 Å². The quantitative estimate of drug-likeness (QED) is 0.718. The first-order valence-electron chi connectivity index (χ1n) is 7.40. The molecular weight excluding hydrogens is 306 g/mol. The van der Waals surface area contributed by atoms with Gasteiger partial charge in [-0.25, -0.2) is 0 Å². The number of carbonyl (C=O) groups excluding carboxylic acids is 1. The van der Waals surface area contributed by atoms with E-state index in [1.807, 2.05) is 36.4 Å². The predicted octanol–water partition coefficient (Wildman–Crippen LogP) is 4.10. The van der Waals surface area contributed by atoms with Gasteiger partial charge in [0.1, 0.15) is 11.5 Å². The molecule has 0 aliphatic heterocycles. The van der Waals surface area contributed by atoms with Crippen LogP contribution in [-0.2, 0) is 4.79 Å². The van der Waals surface area contributed by atoms with Crippen molar-refractivity contribution >= 4 is 28.6 Å². The summed E-state index contributed by atoms with van der Waals surface area (Å²) >= 11 is 0. The fraction of sp³-hybridized carbons (Fsp3) is 0.105. The molecule has 0 atom stereocenters. The minimum Gasteiger partial charge on any atom is -0.495 e. The van der Waals surface area contributed by atoms with E-state index in [0.717, 1.165) is 5.39 Å². The highest BCUT2D eigenvalue weighted by atomic mass is 16.5. The molecule has 1 amide bonds. The van der Waals surface area contributed by atoms with Gasteiger partial charge in [0.25, 0.3) is 0 Å². The van der Waals surface area contributed by atoms with Gasteiger partial charge in [0.2, 0.25) is 5.91 Å².